The van der Waals surface area contributed by atoms with Crippen molar-refractivity contribution in [3.63, 3.8) is 0 Å². The second-order valence-corrected chi connectivity index (χ2v) is 3.50. The molecule has 0 atom stereocenters. The van der Waals surface area contributed by atoms with Gasteiger partial charge >= 0.3 is 0 Å². The number of benzene rings is 2. The summed E-state index contributed by atoms with van der Waals surface area (Å²) >= 11 is 0. The van der Waals surface area contributed by atoms with E-state index in [1.165, 1.54) is 0 Å². The molecule has 0 unspecified atom stereocenters. The minimum Gasteiger partial charge on any atom is -0.504 e. The summed E-state index contributed by atoms with van der Waals surface area (Å²) in [5.74, 6) is -2.87. The Kier molecular flexibility index (Phi) is 3.01. The van der Waals surface area contributed by atoms with Crippen LogP contribution in [0.4, 0.5) is 11.4 Å². The Hall–Kier alpha value is -2.76. The van der Waals surface area contributed by atoms with Crippen molar-refractivity contribution in [3.05, 3.63) is 36.4 Å². The van der Waals surface area contributed by atoms with Gasteiger partial charge < -0.3 is 20.4 Å². The van der Waals surface area contributed by atoms with Gasteiger partial charge in [-0.2, -0.15) is 5.11 Å². The van der Waals surface area contributed by atoms with Gasteiger partial charge in [0.25, 0.3) is 0 Å². The van der Waals surface area contributed by atoms with E-state index in [1.54, 1.807) is 24.3 Å². The molecular weight excluding hydrogens is 236 g/mol. The maximum Gasteiger partial charge on any atom is 0.206 e. The van der Waals surface area contributed by atoms with E-state index >= 15 is 0 Å². The van der Waals surface area contributed by atoms with Crippen molar-refractivity contribution in [2.24, 2.45) is 10.2 Å². The lowest BCUT2D eigenvalue weighted by molar-refractivity contribution is 0.346. The highest BCUT2D eigenvalue weighted by Crippen LogP contribution is 2.47. The smallest absolute Gasteiger partial charge is 0.206 e. The molecule has 2 rings (SSSR count). The zero-order chi connectivity index (χ0) is 13.1. The highest BCUT2D eigenvalue weighted by atomic mass is 16.3. The Bertz CT molecular complexity index is 597. The van der Waals surface area contributed by atoms with Gasteiger partial charge in [0.2, 0.25) is 11.5 Å². The van der Waals surface area contributed by atoms with Crippen LogP contribution in [0, 0.1) is 0 Å². The van der Waals surface area contributed by atoms with Gasteiger partial charge in [-0.1, -0.05) is 18.2 Å². The largest absolute Gasteiger partial charge is 0.504 e. The molecule has 0 spiro atoms. The molecule has 0 aromatic heterocycles. The number of hydrogen-bond donors (Lipinski definition) is 4. The first kappa shape index (κ1) is 11.7. The molecule has 0 radical (unpaired) electrons. The van der Waals surface area contributed by atoms with Crippen molar-refractivity contribution in [1.29, 1.82) is 0 Å². The number of phenolic OH excluding ortho intramolecular Hbond substituents is 4. The fraction of sp³-hybridized carbons (Fsp3) is 0. The molecule has 0 aliphatic heterocycles. The Morgan fingerprint density at radius 3 is 2.06 bits per heavy atom. The van der Waals surface area contributed by atoms with Gasteiger partial charge in [0.05, 0.1) is 5.69 Å². The van der Waals surface area contributed by atoms with Crippen molar-refractivity contribution < 1.29 is 20.4 Å². The van der Waals surface area contributed by atoms with Crippen LogP contribution >= 0.6 is 0 Å². The zero-order valence-corrected chi connectivity index (χ0v) is 9.15. The van der Waals surface area contributed by atoms with Crippen molar-refractivity contribution in [2.45, 2.75) is 0 Å². The summed E-state index contributed by atoms with van der Waals surface area (Å²) in [6, 6.07) is 9.73. The molecule has 18 heavy (non-hydrogen) atoms. The topological polar surface area (TPSA) is 106 Å². The SMILES string of the molecule is Oc1cc(N=Nc2ccccc2)c(O)c(O)c1O. The number of phenols is 4. The maximum atomic E-state index is 9.51. The van der Waals surface area contributed by atoms with Gasteiger partial charge in [0, 0.05) is 6.07 Å². The number of nitrogens with zero attached hydrogens (tertiary/aromatic N) is 2. The number of aromatic hydroxyl groups is 4. The molecule has 4 N–H and O–H groups in total. The summed E-state index contributed by atoms with van der Waals surface area (Å²) in [4.78, 5) is 0. The van der Waals surface area contributed by atoms with Crippen LogP contribution in [0.1, 0.15) is 0 Å². The van der Waals surface area contributed by atoms with Gasteiger partial charge in [-0.05, 0) is 12.1 Å². The third-order valence-corrected chi connectivity index (χ3v) is 2.24. The first-order valence-corrected chi connectivity index (χ1v) is 5.03. The minimum atomic E-state index is -0.836. The van der Waals surface area contributed by atoms with Crippen LogP contribution in [0.2, 0.25) is 0 Å². The predicted molar refractivity (Wildman–Crippen MR) is 63.7 cm³/mol. The summed E-state index contributed by atoms with van der Waals surface area (Å²) < 4.78 is 0. The van der Waals surface area contributed by atoms with E-state index in [0.29, 0.717) is 5.69 Å². The molecule has 6 nitrogen and oxygen atoms in total. The molecule has 0 heterocycles. The summed E-state index contributed by atoms with van der Waals surface area (Å²) in [7, 11) is 0. The Morgan fingerprint density at radius 2 is 1.39 bits per heavy atom. The molecule has 0 aliphatic rings. The molecule has 0 fully saturated rings. The number of rotatable bonds is 2. The lowest BCUT2D eigenvalue weighted by atomic mass is 10.2. The lowest BCUT2D eigenvalue weighted by Crippen LogP contribution is -1.74. The van der Waals surface area contributed by atoms with Crippen LogP contribution in [0.5, 0.6) is 23.0 Å². The van der Waals surface area contributed by atoms with Crippen molar-refractivity contribution in [3.8, 4) is 23.0 Å². The van der Waals surface area contributed by atoms with Gasteiger partial charge in [-0.3, -0.25) is 0 Å². The monoisotopic (exact) mass is 246 g/mol. The summed E-state index contributed by atoms with van der Waals surface area (Å²) in [5, 5.41) is 44.7. The molecule has 0 saturated carbocycles. The van der Waals surface area contributed by atoms with Crippen molar-refractivity contribution >= 4 is 11.4 Å². The number of hydrogen-bond acceptors (Lipinski definition) is 6. The Morgan fingerprint density at radius 1 is 0.722 bits per heavy atom. The van der Waals surface area contributed by atoms with Crippen LogP contribution in [0.3, 0.4) is 0 Å². The van der Waals surface area contributed by atoms with E-state index in [-0.39, 0.29) is 5.69 Å². The third kappa shape index (κ3) is 2.17. The van der Waals surface area contributed by atoms with Gasteiger partial charge in [0.1, 0.15) is 5.69 Å². The van der Waals surface area contributed by atoms with E-state index < -0.39 is 23.0 Å². The first-order valence-electron chi connectivity index (χ1n) is 5.03. The predicted octanol–water partition coefficient (Wildman–Crippen LogP) is 2.92. The van der Waals surface area contributed by atoms with Gasteiger partial charge in [-0.15, -0.1) is 5.11 Å². The minimum absolute atomic E-state index is 0.147. The van der Waals surface area contributed by atoms with E-state index in [0.717, 1.165) is 6.07 Å². The van der Waals surface area contributed by atoms with Crippen LogP contribution < -0.4 is 0 Å². The van der Waals surface area contributed by atoms with E-state index in [4.69, 9.17) is 5.11 Å². The van der Waals surface area contributed by atoms with Crippen LogP contribution in [0.25, 0.3) is 0 Å². The van der Waals surface area contributed by atoms with Crippen molar-refractivity contribution in [1.82, 2.24) is 0 Å². The first-order chi connectivity index (χ1) is 8.59. The van der Waals surface area contributed by atoms with Crippen LogP contribution in [0.15, 0.2) is 46.6 Å². The summed E-state index contributed by atoms with van der Waals surface area (Å²) in [6.45, 7) is 0. The highest BCUT2D eigenvalue weighted by molar-refractivity contribution is 5.68. The zero-order valence-electron chi connectivity index (χ0n) is 9.15. The van der Waals surface area contributed by atoms with Gasteiger partial charge in [0.15, 0.2) is 11.5 Å². The molecule has 2 aromatic rings. The molecule has 2 aromatic carbocycles. The standard InChI is InChI=1S/C12H10N2O4/c15-9-6-8(10(16)12(18)11(9)17)14-13-7-4-2-1-3-5-7/h1-6,15-18H. The van der Waals surface area contributed by atoms with Crippen molar-refractivity contribution in [2.75, 3.05) is 0 Å². The van der Waals surface area contributed by atoms with Crippen LogP contribution in [-0.4, -0.2) is 20.4 Å². The summed E-state index contributed by atoms with van der Waals surface area (Å²) in [6.07, 6.45) is 0. The Balaban J connectivity index is 2.39. The molecule has 0 saturated heterocycles. The van der Waals surface area contributed by atoms with E-state index in [2.05, 4.69) is 10.2 Å². The second-order valence-electron chi connectivity index (χ2n) is 3.50. The van der Waals surface area contributed by atoms with E-state index in [1.807, 2.05) is 6.07 Å². The average Bonchev–Trinajstić information content (AvgIpc) is 2.40. The molecule has 0 bridgehead atoms. The number of azo groups is 1. The fourth-order valence-corrected chi connectivity index (χ4v) is 1.30. The Labute approximate surface area is 102 Å². The molecule has 6 heteroatoms. The normalized spacial score (nSPS) is 10.9. The molecular formula is C12H10N2O4. The molecule has 0 aliphatic carbocycles. The third-order valence-electron chi connectivity index (χ3n) is 2.24. The van der Waals surface area contributed by atoms with E-state index in [9.17, 15) is 15.3 Å². The fourth-order valence-electron chi connectivity index (χ4n) is 1.30. The molecule has 92 valence electrons. The summed E-state index contributed by atoms with van der Waals surface area (Å²) in [5.41, 5.74) is 0.399. The lowest BCUT2D eigenvalue weighted by Gasteiger charge is -2.04. The van der Waals surface area contributed by atoms with Gasteiger partial charge in [-0.25, -0.2) is 0 Å². The van der Waals surface area contributed by atoms with Crippen LogP contribution in [-0.2, 0) is 0 Å². The molecule has 0 amide bonds. The highest BCUT2D eigenvalue weighted by Gasteiger charge is 2.15. The average molecular weight is 246 g/mol. The quantitative estimate of drug-likeness (QED) is 0.371. The maximum absolute atomic E-state index is 9.51. The second kappa shape index (κ2) is 4.62.